The maximum absolute atomic E-state index is 9.21. The molecule has 0 amide bonds. The number of methoxy groups -OCH3 is 1. The molecule has 0 saturated heterocycles. The molecule has 1 heterocycles. The molecule has 2 aromatic rings. The van der Waals surface area contributed by atoms with Gasteiger partial charge in [0.1, 0.15) is 5.75 Å². The van der Waals surface area contributed by atoms with Gasteiger partial charge in [-0.25, -0.2) is 4.68 Å². The fourth-order valence-electron chi connectivity index (χ4n) is 1.61. The monoisotopic (exact) mass is 218 g/mol. The molecule has 0 saturated carbocycles. The Morgan fingerprint density at radius 1 is 1.31 bits per heavy atom. The molecule has 0 aliphatic carbocycles. The van der Waals surface area contributed by atoms with Gasteiger partial charge < -0.3 is 9.84 Å². The first-order chi connectivity index (χ1) is 7.74. The summed E-state index contributed by atoms with van der Waals surface area (Å²) in [4.78, 5) is 0. The summed E-state index contributed by atoms with van der Waals surface area (Å²) in [5, 5.41) is 13.5. The molecule has 0 unspecified atom stereocenters. The van der Waals surface area contributed by atoms with E-state index >= 15 is 0 Å². The van der Waals surface area contributed by atoms with Crippen LogP contribution in [-0.4, -0.2) is 22.0 Å². The van der Waals surface area contributed by atoms with Gasteiger partial charge in [0.2, 0.25) is 0 Å². The molecule has 0 bridgehead atoms. The maximum atomic E-state index is 9.21. The number of aliphatic hydroxyl groups is 1. The fourth-order valence-corrected chi connectivity index (χ4v) is 1.61. The molecule has 4 nitrogen and oxygen atoms in total. The first-order valence-electron chi connectivity index (χ1n) is 5.05. The Hall–Kier alpha value is -1.81. The highest BCUT2D eigenvalue weighted by molar-refractivity contribution is 5.38. The van der Waals surface area contributed by atoms with Gasteiger partial charge in [-0.05, 0) is 37.3 Å². The normalized spacial score (nSPS) is 10.4. The Morgan fingerprint density at radius 2 is 2.00 bits per heavy atom. The Balaban J connectivity index is 2.41. The van der Waals surface area contributed by atoms with Gasteiger partial charge in [0, 0.05) is 0 Å². The van der Waals surface area contributed by atoms with Crippen LogP contribution in [-0.2, 0) is 6.61 Å². The van der Waals surface area contributed by atoms with E-state index in [1.54, 1.807) is 11.8 Å². The van der Waals surface area contributed by atoms with Gasteiger partial charge >= 0.3 is 0 Å². The number of hydrogen-bond acceptors (Lipinski definition) is 3. The quantitative estimate of drug-likeness (QED) is 0.852. The minimum Gasteiger partial charge on any atom is -0.497 e. The van der Waals surface area contributed by atoms with E-state index in [0.29, 0.717) is 0 Å². The predicted molar refractivity (Wildman–Crippen MR) is 60.8 cm³/mol. The number of ether oxygens (including phenoxy) is 1. The number of benzene rings is 1. The van der Waals surface area contributed by atoms with Crippen LogP contribution in [0.25, 0.3) is 5.69 Å². The Bertz CT molecular complexity index is 474. The van der Waals surface area contributed by atoms with E-state index in [1.807, 2.05) is 37.3 Å². The summed E-state index contributed by atoms with van der Waals surface area (Å²) in [6.45, 7) is 1.88. The van der Waals surface area contributed by atoms with Crippen LogP contribution in [0.3, 0.4) is 0 Å². The van der Waals surface area contributed by atoms with Crippen molar-refractivity contribution in [3.8, 4) is 11.4 Å². The molecule has 84 valence electrons. The van der Waals surface area contributed by atoms with Crippen LogP contribution in [0, 0.1) is 6.92 Å². The zero-order valence-corrected chi connectivity index (χ0v) is 9.34. The molecular weight excluding hydrogens is 204 g/mol. The standard InChI is InChI=1S/C12H14N2O2/c1-9-7-11(8-15)14(13-9)10-3-5-12(16-2)6-4-10/h3-7,15H,8H2,1-2H3. The van der Waals surface area contributed by atoms with Crippen molar-refractivity contribution in [2.24, 2.45) is 0 Å². The SMILES string of the molecule is COc1ccc(-n2nc(C)cc2CO)cc1. The molecule has 4 heteroatoms. The lowest BCUT2D eigenvalue weighted by atomic mass is 10.3. The van der Waals surface area contributed by atoms with E-state index in [2.05, 4.69) is 5.10 Å². The molecule has 16 heavy (non-hydrogen) atoms. The van der Waals surface area contributed by atoms with Gasteiger partial charge in [-0.15, -0.1) is 0 Å². The van der Waals surface area contributed by atoms with E-state index in [4.69, 9.17) is 4.74 Å². The Kier molecular flexibility index (Phi) is 2.92. The van der Waals surface area contributed by atoms with Gasteiger partial charge in [-0.3, -0.25) is 0 Å². The van der Waals surface area contributed by atoms with Crippen molar-refractivity contribution in [2.45, 2.75) is 13.5 Å². The number of aliphatic hydroxyl groups excluding tert-OH is 1. The van der Waals surface area contributed by atoms with Crippen LogP contribution in [0.15, 0.2) is 30.3 Å². The smallest absolute Gasteiger partial charge is 0.119 e. The molecule has 0 atom stereocenters. The summed E-state index contributed by atoms with van der Waals surface area (Å²) in [7, 11) is 1.63. The van der Waals surface area contributed by atoms with Crippen molar-refractivity contribution in [1.82, 2.24) is 9.78 Å². The number of aromatic nitrogens is 2. The van der Waals surface area contributed by atoms with Crippen LogP contribution in [0.5, 0.6) is 5.75 Å². The van der Waals surface area contributed by atoms with Crippen LogP contribution >= 0.6 is 0 Å². The molecule has 0 spiro atoms. The van der Waals surface area contributed by atoms with E-state index in [0.717, 1.165) is 22.8 Å². The molecular formula is C12H14N2O2. The summed E-state index contributed by atoms with van der Waals surface area (Å²) in [5.41, 5.74) is 2.58. The van der Waals surface area contributed by atoms with Crippen LogP contribution in [0.1, 0.15) is 11.4 Å². The number of aryl methyl sites for hydroxylation is 1. The average Bonchev–Trinajstić information content (AvgIpc) is 2.70. The predicted octanol–water partition coefficient (Wildman–Crippen LogP) is 1.68. The molecule has 1 aromatic heterocycles. The summed E-state index contributed by atoms with van der Waals surface area (Å²) in [6.07, 6.45) is 0. The summed E-state index contributed by atoms with van der Waals surface area (Å²) in [6, 6.07) is 9.42. The Labute approximate surface area is 94.1 Å². The van der Waals surface area contributed by atoms with E-state index < -0.39 is 0 Å². The highest BCUT2D eigenvalue weighted by Crippen LogP contribution is 2.16. The molecule has 2 rings (SSSR count). The van der Waals surface area contributed by atoms with Crippen molar-refractivity contribution < 1.29 is 9.84 Å². The number of rotatable bonds is 3. The van der Waals surface area contributed by atoms with E-state index in [1.165, 1.54) is 0 Å². The second kappa shape index (κ2) is 4.37. The molecule has 0 radical (unpaired) electrons. The van der Waals surface area contributed by atoms with Crippen LogP contribution in [0.4, 0.5) is 0 Å². The largest absolute Gasteiger partial charge is 0.497 e. The zero-order valence-electron chi connectivity index (χ0n) is 9.34. The summed E-state index contributed by atoms with van der Waals surface area (Å²) >= 11 is 0. The molecule has 1 N–H and O–H groups in total. The molecule has 0 aliphatic heterocycles. The van der Waals surface area contributed by atoms with Gasteiger partial charge in [0.05, 0.1) is 30.8 Å². The lowest BCUT2D eigenvalue weighted by Gasteiger charge is -2.06. The lowest BCUT2D eigenvalue weighted by Crippen LogP contribution is -2.01. The van der Waals surface area contributed by atoms with Crippen LogP contribution in [0.2, 0.25) is 0 Å². The highest BCUT2D eigenvalue weighted by atomic mass is 16.5. The third kappa shape index (κ3) is 1.92. The minimum atomic E-state index is -0.0210. The molecule has 0 aliphatic rings. The average molecular weight is 218 g/mol. The van der Waals surface area contributed by atoms with Crippen molar-refractivity contribution >= 4 is 0 Å². The third-order valence-electron chi connectivity index (χ3n) is 2.38. The highest BCUT2D eigenvalue weighted by Gasteiger charge is 2.06. The van der Waals surface area contributed by atoms with Gasteiger partial charge in [0.25, 0.3) is 0 Å². The van der Waals surface area contributed by atoms with Crippen molar-refractivity contribution in [2.75, 3.05) is 7.11 Å². The third-order valence-corrected chi connectivity index (χ3v) is 2.38. The summed E-state index contributed by atoms with van der Waals surface area (Å²) < 4.78 is 6.82. The van der Waals surface area contributed by atoms with Gasteiger partial charge in [0.15, 0.2) is 0 Å². The van der Waals surface area contributed by atoms with Gasteiger partial charge in [-0.1, -0.05) is 0 Å². The minimum absolute atomic E-state index is 0.0210. The van der Waals surface area contributed by atoms with Gasteiger partial charge in [-0.2, -0.15) is 5.10 Å². The second-order valence-electron chi connectivity index (χ2n) is 3.54. The summed E-state index contributed by atoms with van der Waals surface area (Å²) in [5.74, 6) is 0.804. The first kappa shape index (κ1) is 10.7. The van der Waals surface area contributed by atoms with Crippen molar-refractivity contribution in [3.63, 3.8) is 0 Å². The maximum Gasteiger partial charge on any atom is 0.119 e. The lowest BCUT2D eigenvalue weighted by molar-refractivity contribution is 0.273. The molecule has 1 aromatic carbocycles. The number of hydrogen-bond donors (Lipinski definition) is 1. The van der Waals surface area contributed by atoms with Crippen molar-refractivity contribution in [1.29, 1.82) is 0 Å². The van der Waals surface area contributed by atoms with Crippen LogP contribution < -0.4 is 4.74 Å². The first-order valence-corrected chi connectivity index (χ1v) is 5.05. The number of nitrogens with zero attached hydrogens (tertiary/aromatic N) is 2. The molecule has 0 fully saturated rings. The van der Waals surface area contributed by atoms with Crippen molar-refractivity contribution in [3.05, 3.63) is 41.7 Å². The topological polar surface area (TPSA) is 47.3 Å². The van der Waals surface area contributed by atoms with E-state index in [-0.39, 0.29) is 6.61 Å². The fraction of sp³-hybridized carbons (Fsp3) is 0.250. The zero-order chi connectivity index (χ0) is 11.5. The van der Waals surface area contributed by atoms with E-state index in [9.17, 15) is 5.11 Å². The second-order valence-corrected chi connectivity index (χ2v) is 3.54. The Morgan fingerprint density at radius 3 is 2.56 bits per heavy atom.